The molecular formula is C8H8ClN3O. The van der Waals surface area contributed by atoms with E-state index in [1.807, 2.05) is 0 Å². The van der Waals surface area contributed by atoms with Crippen LogP contribution in [0.25, 0.3) is 0 Å². The van der Waals surface area contributed by atoms with E-state index in [-0.39, 0.29) is 17.6 Å². The Balaban J connectivity index is 2.89. The summed E-state index contributed by atoms with van der Waals surface area (Å²) in [5, 5.41) is 15.9. The normalized spacial score (nSPS) is 9.08. The molecule has 3 N–H and O–H groups in total. The van der Waals surface area contributed by atoms with Crippen LogP contribution >= 0.6 is 11.6 Å². The largest absolute Gasteiger partial charge is 0.395 e. The third-order valence-corrected chi connectivity index (χ3v) is 1.44. The SMILES string of the molecule is Nc1nnc(Cl)cc1C#CCCO. The van der Waals surface area contributed by atoms with Gasteiger partial charge >= 0.3 is 0 Å². The standard InChI is InChI=1S/C8H8ClN3O/c9-7-5-6(3-1-2-4-13)8(10)12-11-7/h5,13H,2,4H2,(H2,10,12). The van der Waals surface area contributed by atoms with Crippen LogP contribution in [0.2, 0.25) is 5.15 Å². The number of aliphatic hydroxyl groups excluding tert-OH is 1. The minimum atomic E-state index is 0.0269. The van der Waals surface area contributed by atoms with E-state index in [9.17, 15) is 0 Å². The van der Waals surface area contributed by atoms with Crippen LogP contribution < -0.4 is 5.73 Å². The average molecular weight is 198 g/mol. The van der Waals surface area contributed by atoms with Gasteiger partial charge in [0.1, 0.15) is 0 Å². The smallest absolute Gasteiger partial charge is 0.162 e. The van der Waals surface area contributed by atoms with Gasteiger partial charge in [0, 0.05) is 6.42 Å². The Morgan fingerprint density at radius 3 is 3.00 bits per heavy atom. The minimum absolute atomic E-state index is 0.0269. The summed E-state index contributed by atoms with van der Waals surface area (Å²) in [5.74, 6) is 5.69. The van der Waals surface area contributed by atoms with E-state index in [0.717, 1.165) is 0 Å². The van der Waals surface area contributed by atoms with Crippen molar-refractivity contribution in [2.24, 2.45) is 0 Å². The Morgan fingerprint density at radius 1 is 1.54 bits per heavy atom. The van der Waals surface area contributed by atoms with Gasteiger partial charge in [0.2, 0.25) is 0 Å². The van der Waals surface area contributed by atoms with Crippen LogP contribution in [0.5, 0.6) is 0 Å². The molecule has 0 aliphatic carbocycles. The van der Waals surface area contributed by atoms with E-state index in [0.29, 0.717) is 12.0 Å². The summed E-state index contributed by atoms with van der Waals surface area (Å²) in [4.78, 5) is 0. The summed E-state index contributed by atoms with van der Waals surface area (Å²) in [6.45, 7) is 0.0269. The summed E-state index contributed by atoms with van der Waals surface area (Å²) in [6.07, 6.45) is 0.402. The topological polar surface area (TPSA) is 72.0 Å². The molecule has 0 bridgehead atoms. The number of aromatic nitrogens is 2. The highest BCUT2D eigenvalue weighted by Gasteiger charge is 1.98. The van der Waals surface area contributed by atoms with Gasteiger partial charge < -0.3 is 10.8 Å². The first-order valence-corrected chi connectivity index (χ1v) is 4.00. The molecule has 1 aromatic heterocycles. The summed E-state index contributed by atoms with van der Waals surface area (Å²) in [6, 6.07) is 1.54. The summed E-state index contributed by atoms with van der Waals surface area (Å²) >= 11 is 5.58. The second-order valence-corrected chi connectivity index (χ2v) is 2.63. The van der Waals surface area contributed by atoms with Crippen molar-refractivity contribution in [3.8, 4) is 11.8 Å². The number of anilines is 1. The fraction of sp³-hybridized carbons (Fsp3) is 0.250. The molecule has 0 radical (unpaired) electrons. The lowest BCUT2D eigenvalue weighted by molar-refractivity contribution is 0.305. The van der Waals surface area contributed by atoms with Crippen LogP contribution in [0.4, 0.5) is 5.82 Å². The molecule has 4 nitrogen and oxygen atoms in total. The second-order valence-electron chi connectivity index (χ2n) is 2.24. The predicted octanol–water partition coefficient (Wildman–Crippen LogP) is 0.446. The van der Waals surface area contributed by atoms with Crippen molar-refractivity contribution in [1.29, 1.82) is 0 Å². The predicted molar refractivity (Wildman–Crippen MR) is 50.0 cm³/mol. The van der Waals surface area contributed by atoms with E-state index in [4.69, 9.17) is 22.4 Å². The first kappa shape index (κ1) is 9.78. The summed E-state index contributed by atoms with van der Waals surface area (Å²) in [7, 11) is 0. The Bertz CT molecular complexity index is 356. The van der Waals surface area contributed by atoms with Gasteiger partial charge in [-0.15, -0.1) is 10.2 Å². The third-order valence-electron chi connectivity index (χ3n) is 1.25. The molecular weight excluding hydrogens is 190 g/mol. The molecule has 5 heteroatoms. The molecule has 0 saturated carbocycles. The molecule has 13 heavy (non-hydrogen) atoms. The van der Waals surface area contributed by atoms with Crippen LogP contribution in [-0.4, -0.2) is 21.9 Å². The van der Waals surface area contributed by atoms with Crippen molar-refractivity contribution in [1.82, 2.24) is 10.2 Å². The Hall–Kier alpha value is -1.31. The molecule has 1 heterocycles. The van der Waals surface area contributed by atoms with E-state index in [1.54, 1.807) is 0 Å². The van der Waals surface area contributed by atoms with Crippen molar-refractivity contribution in [2.45, 2.75) is 6.42 Å². The second kappa shape index (κ2) is 4.65. The number of nitrogens with zero attached hydrogens (tertiary/aromatic N) is 2. The zero-order chi connectivity index (χ0) is 9.68. The van der Waals surface area contributed by atoms with Crippen molar-refractivity contribution in [3.63, 3.8) is 0 Å². The number of hydrogen-bond donors (Lipinski definition) is 2. The van der Waals surface area contributed by atoms with E-state index < -0.39 is 0 Å². The number of halogens is 1. The van der Waals surface area contributed by atoms with E-state index in [2.05, 4.69) is 22.0 Å². The molecule has 0 fully saturated rings. The maximum absolute atomic E-state index is 8.48. The van der Waals surface area contributed by atoms with Gasteiger partial charge in [0.15, 0.2) is 11.0 Å². The highest BCUT2D eigenvalue weighted by molar-refractivity contribution is 6.29. The number of rotatable bonds is 1. The van der Waals surface area contributed by atoms with Gasteiger partial charge in [-0.1, -0.05) is 23.4 Å². The van der Waals surface area contributed by atoms with Gasteiger partial charge in [-0.2, -0.15) is 0 Å². The zero-order valence-corrected chi connectivity index (χ0v) is 7.54. The molecule has 0 amide bonds. The fourth-order valence-electron chi connectivity index (χ4n) is 0.691. The third kappa shape index (κ3) is 2.90. The van der Waals surface area contributed by atoms with Crippen LogP contribution in [0.3, 0.4) is 0 Å². The maximum atomic E-state index is 8.48. The van der Waals surface area contributed by atoms with Crippen LogP contribution in [-0.2, 0) is 0 Å². The fourth-order valence-corrected chi connectivity index (χ4v) is 0.838. The molecule has 0 aliphatic rings. The molecule has 0 atom stereocenters. The highest BCUT2D eigenvalue weighted by atomic mass is 35.5. The molecule has 68 valence electrons. The highest BCUT2D eigenvalue weighted by Crippen LogP contribution is 2.10. The van der Waals surface area contributed by atoms with Gasteiger partial charge in [0.25, 0.3) is 0 Å². The molecule has 0 saturated heterocycles. The van der Waals surface area contributed by atoms with Gasteiger partial charge in [-0.05, 0) is 6.07 Å². The number of nitrogens with two attached hydrogens (primary N) is 1. The lowest BCUT2D eigenvalue weighted by Crippen LogP contribution is -1.96. The van der Waals surface area contributed by atoms with Gasteiger partial charge in [-0.25, -0.2) is 0 Å². The van der Waals surface area contributed by atoms with E-state index in [1.165, 1.54) is 6.07 Å². The number of aliphatic hydroxyl groups is 1. The quantitative estimate of drug-likeness (QED) is 0.641. The van der Waals surface area contributed by atoms with Gasteiger partial charge in [0.05, 0.1) is 12.2 Å². The molecule has 1 aromatic rings. The van der Waals surface area contributed by atoms with Crippen molar-refractivity contribution in [2.75, 3.05) is 12.3 Å². The maximum Gasteiger partial charge on any atom is 0.162 e. The van der Waals surface area contributed by atoms with Crippen molar-refractivity contribution < 1.29 is 5.11 Å². The lowest BCUT2D eigenvalue weighted by atomic mass is 10.3. The summed E-state index contributed by atoms with van der Waals surface area (Å²) in [5.41, 5.74) is 6.01. The summed E-state index contributed by atoms with van der Waals surface area (Å²) < 4.78 is 0. The number of hydrogen-bond acceptors (Lipinski definition) is 4. The van der Waals surface area contributed by atoms with Crippen LogP contribution in [0.1, 0.15) is 12.0 Å². The number of nitrogen functional groups attached to an aromatic ring is 1. The molecule has 0 unspecified atom stereocenters. The molecule has 0 aliphatic heterocycles. The molecule has 1 rings (SSSR count). The Morgan fingerprint density at radius 2 is 2.31 bits per heavy atom. The van der Waals surface area contributed by atoms with Crippen LogP contribution in [0.15, 0.2) is 6.07 Å². The molecule has 0 aromatic carbocycles. The van der Waals surface area contributed by atoms with Crippen LogP contribution in [0, 0.1) is 11.8 Å². The minimum Gasteiger partial charge on any atom is -0.395 e. The van der Waals surface area contributed by atoms with Crippen molar-refractivity contribution >= 4 is 17.4 Å². The average Bonchev–Trinajstić information content (AvgIpc) is 2.11. The van der Waals surface area contributed by atoms with Crippen molar-refractivity contribution in [3.05, 3.63) is 16.8 Å². The first-order chi connectivity index (χ1) is 6.24. The van der Waals surface area contributed by atoms with E-state index >= 15 is 0 Å². The first-order valence-electron chi connectivity index (χ1n) is 3.62. The Labute approximate surface area is 80.7 Å². The lowest BCUT2D eigenvalue weighted by Gasteiger charge is -1.94. The monoisotopic (exact) mass is 197 g/mol. The van der Waals surface area contributed by atoms with Gasteiger partial charge in [-0.3, -0.25) is 0 Å². The Kier molecular flexibility index (Phi) is 3.50. The molecule has 0 spiro atoms. The zero-order valence-electron chi connectivity index (χ0n) is 6.79.